The Morgan fingerprint density at radius 3 is 2.33 bits per heavy atom. The zero-order valence-corrected chi connectivity index (χ0v) is 6.97. The lowest BCUT2D eigenvalue weighted by Crippen LogP contribution is -2.00. The summed E-state index contributed by atoms with van der Waals surface area (Å²) in [6.07, 6.45) is 0. The molecule has 0 spiro atoms. The van der Waals surface area contributed by atoms with Crippen molar-refractivity contribution in [1.82, 2.24) is 0 Å². The first kappa shape index (κ1) is 11.3. The van der Waals surface area contributed by atoms with Crippen molar-refractivity contribution in [2.24, 2.45) is 5.73 Å². The van der Waals surface area contributed by atoms with Crippen molar-refractivity contribution in [2.45, 2.75) is 12.3 Å². The molecule has 0 bridgehead atoms. The van der Waals surface area contributed by atoms with E-state index in [1.54, 1.807) is 23.9 Å². The van der Waals surface area contributed by atoms with E-state index in [-0.39, 0.29) is 7.43 Å². The highest BCUT2D eigenvalue weighted by Gasteiger charge is 1.91. The standard InChI is InChI=1S/C8H11NOS.CH4/c9-5-6-11-8-3-1-7(10)2-4-8;/h1-4,10H,5-6,9H2;1H4. The summed E-state index contributed by atoms with van der Waals surface area (Å²) in [5, 5.41) is 8.95. The van der Waals surface area contributed by atoms with Crippen molar-refractivity contribution >= 4 is 11.8 Å². The summed E-state index contributed by atoms with van der Waals surface area (Å²) in [7, 11) is 0. The fourth-order valence-electron chi connectivity index (χ4n) is 0.719. The lowest BCUT2D eigenvalue weighted by atomic mass is 10.3. The zero-order chi connectivity index (χ0) is 8.10. The Balaban J connectivity index is 0.00000121. The normalized spacial score (nSPS) is 9.08. The predicted octanol–water partition coefficient (Wildman–Crippen LogP) is 2.08. The van der Waals surface area contributed by atoms with Crippen molar-refractivity contribution in [3.05, 3.63) is 24.3 Å². The SMILES string of the molecule is C.NCCSc1ccc(O)cc1. The Bertz CT molecular complexity index is 210. The Morgan fingerprint density at radius 1 is 1.25 bits per heavy atom. The van der Waals surface area contributed by atoms with Crippen LogP contribution in [0.3, 0.4) is 0 Å². The first-order chi connectivity index (χ1) is 5.33. The molecule has 1 rings (SSSR count). The quantitative estimate of drug-likeness (QED) is 0.709. The third-order valence-corrected chi connectivity index (χ3v) is 2.27. The van der Waals surface area contributed by atoms with E-state index in [9.17, 15) is 0 Å². The van der Waals surface area contributed by atoms with Crippen LogP contribution in [0.5, 0.6) is 5.75 Å². The molecule has 1 aromatic rings. The zero-order valence-electron chi connectivity index (χ0n) is 6.16. The van der Waals surface area contributed by atoms with E-state index >= 15 is 0 Å². The second-order valence-corrected chi connectivity index (χ2v) is 3.30. The van der Waals surface area contributed by atoms with Gasteiger partial charge in [0.15, 0.2) is 0 Å². The van der Waals surface area contributed by atoms with Gasteiger partial charge in [-0.05, 0) is 24.3 Å². The molecule has 3 N–H and O–H groups in total. The summed E-state index contributed by atoms with van der Waals surface area (Å²) in [5.41, 5.74) is 5.34. The van der Waals surface area contributed by atoms with Gasteiger partial charge in [0.2, 0.25) is 0 Å². The number of nitrogens with two attached hydrogens (primary N) is 1. The van der Waals surface area contributed by atoms with Crippen LogP contribution in [-0.2, 0) is 0 Å². The molecule has 0 saturated heterocycles. The maximum Gasteiger partial charge on any atom is 0.115 e. The van der Waals surface area contributed by atoms with Crippen LogP contribution in [0.4, 0.5) is 0 Å². The van der Waals surface area contributed by atoms with Crippen LogP contribution >= 0.6 is 11.8 Å². The second kappa shape index (κ2) is 5.91. The molecular formula is C9H15NOS. The van der Waals surface area contributed by atoms with Crippen molar-refractivity contribution in [2.75, 3.05) is 12.3 Å². The number of benzene rings is 1. The van der Waals surface area contributed by atoms with Gasteiger partial charge < -0.3 is 10.8 Å². The van der Waals surface area contributed by atoms with E-state index in [4.69, 9.17) is 10.8 Å². The molecule has 1 aromatic carbocycles. The molecular weight excluding hydrogens is 170 g/mol. The summed E-state index contributed by atoms with van der Waals surface area (Å²) in [6, 6.07) is 7.13. The van der Waals surface area contributed by atoms with Crippen LogP contribution in [0, 0.1) is 0 Å². The highest BCUT2D eigenvalue weighted by Crippen LogP contribution is 2.19. The Labute approximate surface area is 77.8 Å². The molecule has 12 heavy (non-hydrogen) atoms. The number of rotatable bonds is 3. The van der Waals surface area contributed by atoms with E-state index in [0.717, 1.165) is 10.6 Å². The smallest absolute Gasteiger partial charge is 0.115 e. The molecule has 0 aliphatic heterocycles. The van der Waals surface area contributed by atoms with Crippen LogP contribution in [0.1, 0.15) is 7.43 Å². The fourth-order valence-corrected chi connectivity index (χ4v) is 1.40. The topological polar surface area (TPSA) is 46.2 Å². The number of phenols is 1. The van der Waals surface area contributed by atoms with Gasteiger partial charge in [0.25, 0.3) is 0 Å². The number of hydrogen-bond donors (Lipinski definition) is 2. The van der Waals surface area contributed by atoms with Gasteiger partial charge >= 0.3 is 0 Å². The summed E-state index contributed by atoms with van der Waals surface area (Å²) in [5.74, 6) is 1.23. The number of hydrogen-bond acceptors (Lipinski definition) is 3. The molecule has 0 saturated carbocycles. The molecule has 68 valence electrons. The predicted molar refractivity (Wildman–Crippen MR) is 54.6 cm³/mol. The molecule has 3 heteroatoms. The van der Waals surface area contributed by atoms with Crippen molar-refractivity contribution < 1.29 is 5.11 Å². The molecule has 0 aliphatic carbocycles. The molecule has 0 unspecified atom stereocenters. The molecule has 0 radical (unpaired) electrons. The van der Waals surface area contributed by atoms with Gasteiger partial charge in [-0.25, -0.2) is 0 Å². The van der Waals surface area contributed by atoms with Crippen molar-refractivity contribution in [1.29, 1.82) is 0 Å². The minimum atomic E-state index is 0. The monoisotopic (exact) mass is 185 g/mol. The number of aromatic hydroxyl groups is 1. The van der Waals surface area contributed by atoms with Crippen LogP contribution < -0.4 is 5.73 Å². The summed E-state index contributed by atoms with van der Waals surface area (Å²) in [6.45, 7) is 0.686. The maximum absolute atomic E-state index is 8.95. The Kier molecular flexibility index (Phi) is 5.58. The van der Waals surface area contributed by atoms with Gasteiger partial charge in [-0.15, -0.1) is 11.8 Å². The number of thioether (sulfide) groups is 1. The minimum absolute atomic E-state index is 0. The lowest BCUT2D eigenvalue weighted by molar-refractivity contribution is 0.475. The molecule has 0 aliphatic rings. The van der Waals surface area contributed by atoms with Gasteiger partial charge in [-0.1, -0.05) is 7.43 Å². The average Bonchev–Trinajstić information content (AvgIpc) is 2.04. The second-order valence-electron chi connectivity index (χ2n) is 2.13. The van der Waals surface area contributed by atoms with Gasteiger partial charge in [0, 0.05) is 17.2 Å². The minimum Gasteiger partial charge on any atom is -0.508 e. The lowest BCUT2D eigenvalue weighted by Gasteiger charge is -1.98. The van der Waals surface area contributed by atoms with Crippen LogP contribution in [0.25, 0.3) is 0 Å². The van der Waals surface area contributed by atoms with Gasteiger partial charge in [0.1, 0.15) is 5.75 Å². The first-order valence-electron chi connectivity index (χ1n) is 3.45. The molecule has 0 fully saturated rings. The van der Waals surface area contributed by atoms with E-state index in [1.807, 2.05) is 12.1 Å². The van der Waals surface area contributed by atoms with Gasteiger partial charge in [0.05, 0.1) is 0 Å². The third-order valence-electron chi connectivity index (χ3n) is 1.22. The van der Waals surface area contributed by atoms with E-state index < -0.39 is 0 Å². The molecule has 0 amide bonds. The average molecular weight is 185 g/mol. The third kappa shape index (κ3) is 3.64. The molecule has 2 nitrogen and oxygen atoms in total. The molecule has 0 heterocycles. The highest BCUT2D eigenvalue weighted by molar-refractivity contribution is 7.99. The number of phenolic OH excluding ortho intramolecular Hbond substituents is 1. The first-order valence-corrected chi connectivity index (χ1v) is 4.43. The van der Waals surface area contributed by atoms with Crippen LogP contribution in [-0.4, -0.2) is 17.4 Å². The van der Waals surface area contributed by atoms with Crippen LogP contribution in [0.2, 0.25) is 0 Å². The Hall–Kier alpha value is -0.670. The van der Waals surface area contributed by atoms with Gasteiger partial charge in [-0.3, -0.25) is 0 Å². The summed E-state index contributed by atoms with van der Waals surface area (Å²) < 4.78 is 0. The summed E-state index contributed by atoms with van der Waals surface area (Å²) in [4.78, 5) is 1.15. The van der Waals surface area contributed by atoms with Crippen molar-refractivity contribution in [3.8, 4) is 5.75 Å². The van der Waals surface area contributed by atoms with Gasteiger partial charge in [-0.2, -0.15) is 0 Å². The van der Waals surface area contributed by atoms with E-state index in [2.05, 4.69) is 0 Å². The maximum atomic E-state index is 8.95. The van der Waals surface area contributed by atoms with Crippen LogP contribution in [0.15, 0.2) is 29.2 Å². The fraction of sp³-hybridized carbons (Fsp3) is 0.333. The largest absolute Gasteiger partial charge is 0.508 e. The van der Waals surface area contributed by atoms with Crippen molar-refractivity contribution in [3.63, 3.8) is 0 Å². The van der Waals surface area contributed by atoms with E-state index in [1.165, 1.54) is 0 Å². The van der Waals surface area contributed by atoms with E-state index in [0.29, 0.717) is 12.3 Å². The molecule has 0 aromatic heterocycles. The molecule has 0 atom stereocenters. The highest BCUT2D eigenvalue weighted by atomic mass is 32.2. The Morgan fingerprint density at radius 2 is 1.83 bits per heavy atom. The summed E-state index contributed by atoms with van der Waals surface area (Å²) >= 11 is 1.69.